The maximum absolute atomic E-state index is 14.8. The second-order valence-corrected chi connectivity index (χ2v) is 7.38. The summed E-state index contributed by atoms with van der Waals surface area (Å²) in [6.45, 7) is 5.06. The zero-order valence-electron chi connectivity index (χ0n) is 17.0. The van der Waals surface area contributed by atoms with Crippen molar-refractivity contribution in [2.24, 2.45) is 0 Å². The molecule has 30 heavy (non-hydrogen) atoms. The fourth-order valence-electron chi connectivity index (χ4n) is 3.45. The Labute approximate surface area is 172 Å². The number of aryl methyl sites for hydroxylation is 2. The molecular formula is C21H22FN5O3. The van der Waals surface area contributed by atoms with Crippen molar-refractivity contribution < 1.29 is 13.9 Å². The molecule has 8 nitrogen and oxygen atoms in total. The van der Waals surface area contributed by atoms with E-state index in [1.807, 2.05) is 0 Å². The number of aromatic nitrogens is 3. The molecule has 1 fully saturated rings. The molecule has 3 heterocycles. The molecular weight excluding hydrogens is 389 g/mol. The summed E-state index contributed by atoms with van der Waals surface area (Å²) in [5, 5.41) is 2.54. The SMILES string of the molecule is CNC(=O)c1ccc(OC2CN(Cc3ccc4nc(C)c(=O)[nH]c4c3F)C2)c(C)n1. The van der Waals surface area contributed by atoms with E-state index in [-0.39, 0.29) is 23.1 Å². The molecule has 156 valence electrons. The van der Waals surface area contributed by atoms with Gasteiger partial charge in [-0.05, 0) is 32.0 Å². The van der Waals surface area contributed by atoms with Gasteiger partial charge >= 0.3 is 0 Å². The van der Waals surface area contributed by atoms with Crippen molar-refractivity contribution in [1.82, 2.24) is 25.2 Å². The number of aromatic amines is 1. The Balaban J connectivity index is 1.40. The highest BCUT2D eigenvalue weighted by Crippen LogP contribution is 2.24. The Bertz CT molecular complexity index is 1190. The van der Waals surface area contributed by atoms with Crippen LogP contribution in [0, 0.1) is 19.7 Å². The standard InChI is InChI=1S/C21H22FN5O3/c1-11-17(7-6-16(24-11)21(29)23-3)30-14-9-27(10-14)8-13-4-5-15-19(18(13)22)26-20(28)12(2)25-15/h4-7,14H,8-10H2,1-3H3,(H,23,29)(H,26,28). The summed E-state index contributed by atoms with van der Waals surface area (Å²) in [6.07, 6.45) is -0.0380. The van der Waals surface area contributed by atoms with Gasteiger partial charge in [-0.2, -0.15) is 0 Å². The van der Waals surface area contributed by atoms with Crippen LogP contribution >= 0.6 is 0 Å². The molecule has 2 N–H and O–H groups in total. The first-order valence-electron chi connectivity index (χ1n) is 9.62. The zero-order chi connectivity index (χ0) is 21.4. The van der Waals surface area contributed by atoms with Crippen LogP contribution in [0.1, 0.15) is 27.4 Å². The molecule has 1 saturated heterocycles. The van der Waals surface area contributed by atoms with Gasteiger partial charge in [-0.3, -0.25) is 14.5 Å². The van der Waals surface area contributed by atoms with Crippen molar-refractivity contribution in [1.29, 1.82) is 0 Å². The van der Waals surface area contributed by atoms with Gasteiger partial charge in [0.25, 0.3) is 11.5 Å². The van der Waals surface area contributed by atoms with E-state index in [1.165, 1.54) is 0 Å². The molecule has 0 unspecified atom stereocenters. The monoisotopic (exact) mass is 411 g/mol. The highest BCUT2D eigenvalue weighted by molar-refractivity contribution is 5.92. The number of nitrogens with zero attached hydrogens (tertiary/aromatic N) is 3. The Morgan fingerprint density at radius 1 is 1.23 bits per heavy atom. The van der Waals surface area contributed by atoms with Crippen LogP contribution in [0.15, 0.2) is 29.1 Å². The predicted octanol–water partition coefficient (Wildman–Crippen LogP) is 1.70. The number of hydrogen-bond donors (Lipinski definition) is 2. The first-order valence-corrected chi connectivity index (χ1v) is 9.62. The van der Waals surface area contributed by atoms with Crippen LogP contribution < -0.4 is 15.6 Å². The smallest absolute Gasteiger partial charge is 0.269 e. The lowest BCUT2D eigenvalue weighted by molar-refractivity contribution is 0.0133. The molecule has 0 spiro atoms. The maximum atomic E-state index is 14.8. The molecule has 2 aromatic heterocycles. The molecule has 9 heteroatoms. The number of likely N-dealkylation sites (tertiary alicyclic amines) is 1. The van der Waals surface area contributed by atoms with Gasteiger partial charge in [-0.15, -0.1) is 0 Å². The molecule has 4 rings (SSSR count). The summed E-state index contributed by atoms with van der Waals surface area (Å²) < 4.78 is 20.8. The number of H-pyrrole nitrogens is 1. The van der Waals surface area contributed by atoms with E-state index in [4.69, 9.17) is 4.74 Å². The Morgan fingerprint density at radius 2 is 2.00 bits per heavy atom. The molecule has 0 saturated carbocycles. The molecule has 1 aliphatic rings. The van der Waals surface area contributed by atoms with Crippen LogP contribution in [-0.4, -0.2) is 52.0 Å². The number of amides is 1. The second-order valence-electron chi connectivity index (χ2n) is 7.38. The van der Waals surface area contributed by atoms with Gasteiger partial charge in [-0.25, -0.2) is 14.4 Å². The number of hydrogen-bond acceptors (Lipinski definition) is 6. The van der Waals surface area contributed by atoms with Gasteiger partial charge in [0, 0.05) is 32.2 Å². The van der Waals surface area contributed by atoms with E-state index in [2.05, 4.69) is 25.2 Å². The van der Waals surface area contributed by atoms with Crippen LogP contribution in [0.3, 0.4) is 0 Å². The van der Waals surface area contributed by atoms with Crippen molar-refractivity contribution in [3.63, 3.8) is 0 Å². The van der Waals surface area contributed by atoms with E-state index in [1.54, 1.807) is 45.2 Å². The molecule has 1 aromatic carbocycles. The van der Waals surface area contributed by atoms with Gasteiger partial charge < -0.3 is 15.0 Å². The van der Waals surface area contributed by atoms with Gasteiger partial charge in [-0.1, -0.05) is 6.07 Å². The van der Waals surface area contributed by atoms with E-state index in [0.29, 0.717) is 53.5 Å². The normalized spacial score (nSPS) is 14.5. The zero-order valence-corrected chi connectivity index (χ0v) is 17.0. The quantitative estimate of drug-likeness (QED) is 0.663. The fraction of sp³-hybridized carbons (Fsp3) is 0.333. The lowest BCUT2D eigenvalue weighted by Gasteiger charge is -2.39. The average molecular weight is 411 g/mol. The largest absolute Gasteiger partial charge is 0.486 e. The summed E-state index contributed by atoms with van der Waals surface area (Å²) >= 11 is 0. The van der Waals surface area contributed by atoms with Gasteiger partial charge in [0.15, 0.2) is 5.82 Å². The minimum Gasteiger partial charge on any atom is -0.486 e. The van der Waals surface area contributed by atoms with E-state index < -0.39 is 5.82 Å². The molecule has 0 bridgehead atoms. The van der Waals surface area contributed by atoms with Gasteiger partial charge in [0.2, 0.25) is 0 Å². The lowest BCUT2D eigenvalue weighted by Crippen LogP contribution is -2.53. The minimum absolute atomic E-state index is 0.0380. The van der Waals surface area contributed by atoms with Crippen molar-refractivity contribution in [3.05, 3.63) is 63.1 Å². The van der Waals surface area contributed by atoms with Gasteiger partial charge in [0.1, 0.15) is 28.8 Å². The Kier molecular flexibility index (Phi) is 5.21. The van der Waals surface area contributed by atoms with Crippen molar-refractivity contribution in [3.8, 4) is 5.75 Å². The number of nitrogens with one attached hydrogen (secondary N) is 2. The van der Waals surface area contributed by atoms with Crippen molar-refractivity contribution >= 4 is 16.9 Å². The second kappa shape index (κ2) is 7.83. The van der Waals surface area contributed by atoms with Crippen LogP contribution in [0.5, 0.6) is 5.75 Å². The van der Waals surface area contributed by atoms with Gasteiger partial charge in [0.05, 0.1) is 11.2 Å². The van der Waals surface area contributed by atoms with E-state index in [0.717, 1.165) is 0 Å². The number of pyridine rings is 1. The number of fused-ring (bicyclic) bond motifs is 1. The maximum Gasteiger partial charge on any atom is 0.269 e. The molecule has 3 aromatic rings. The number of ether oxygens (including phenoxy) is 1. The fourth-order valence-corrected chi connectivity index (χ4v) is 3.45. The van der Waals surface area contributed by atoms with Crippen molar-refractivity contribution in [2.45, 2.75) is 26.5 Å². The highest BCUT2D eigenvalue weighted by atomic mass is 19.1. The lowest BCUT2D eigenvalue weighted by atomic mass is 10.1. The summed E-state index contributed by atoms with van der Waals surface area (Å²) in [6, 6.07) is 6.78. The highest BCUT2D eigenvalue weighted by Gasteiger charge is 2.30. The number of carbonyl (C=O) groups is 1. The predicted molar refractivity (Wildman–Crippen MR) is 109 cm³/mol. The third-order valence-electron chi connectivity index (χ3n) is 5.16. The number of carbonyl (C=O) groups excluding carboxylic acids is 1. The van der Waals surface area contributed by atoms with E-state index >= 15 is 0 Å². The summed E-state index contributed by atoms with van der Waals surface area (Å²) in [5.74, 6) is -0.0712. The number of rotatable bonds is 5. The molecule has 1 amide bonds. The molecule has 1 aliphatic heterocycles. The van der Waals surface area contributed by atoms with Crippen LogP contribution in [-0.2, 0) is 6.54 Å². The number of benzene rings is 1. The van der Waals surface area contributed by atoms with Crippen LogP contribution in [0.25, 0.3) is 11.0 Å². The third kappa shape index (κ3) is 3.76. The minimum atomic E-state index is -0.452. The molecule has 0 atom stereocenters. The first-order chi connectivity index (χ1) is 14.4. The summed E-state index contributed by atoms with van der Waals surface area (Å²) in [4.78, 5) is 36.4. The Morgan fingerprint density at radius 3 is 2.70 bits per heavy atom. The topological polar surface area (TPSA) is 100 Å². The first kappa shape index (κ1) is 20.0. The van der Waals surface area contributed by atoms with E-state index in [9.17, 15) is 14.0 Å². The van der Waals surface area contributed by atoms with Crippen LogP contribution in [0.2, 0.25) is 0 Å². The molecule has 0 aliphatic carbocycles. The van der Waals surface area contributed by atoms with Crippen molar-refractivity contribution in [2.75, 3.05) is 20.1 Å². The third-order valence-corrected chi connectivity index (χ3v) is 5.16. The average Bonchev–Trinajstić information content (AvgIpc) is 2.70. The summed E-state index contributed by atoms with van der Waals surface area (Å²) in [5.41, 5.74) is 1.97. The molecule has 0 radical (unpaired) electrons. The van der Waals surface area contributed by atoms with Crippen LogP contribution in [0.4, 0.5) is 4.39 Å². The Hall–Kier alpha value is -3.33. The summed E-state index contributed by atoms with van der Waals surface area (Å²) in [7, 11) is 1.56. The number of halogens is 1.